The van der Waals surface area contributed by atoms with E-state index < -0.39 is 0 Å². The van der Waals surface area contributed by atoms with E-state index in [2.05, 4.69) is 11.8 Å². The number of hydrogen-bond donors (Lipinski definition) is 1. The molecule has 0 amide bonds. The Labute approximate surface area is 103 Å². The third-order valence-corrected chi connectivity index (χ3v) is 3.25. The van der Waals surface area contributed by atoms with E-state index in [9.17, 15) is 4.39 Å². The van der Waals surface area contributed by atoms with E-state index in [1.165, 1.54) is 18.9 Å². The molecule has 1 aliphatic carbocycles. The van der Waals surface area contributed by atoms with Crippen LogP contribution in [0.3, 0.4) is 0 Å². The van der Waals surface area contributed by atoms with Crippen LogP contribution in [-0.2, 0) is 0 Å². The SMILES string of the molecule is CCCN(c1c(F)cccc1C(C)N)C1CC1. The van der Waals surface area contributed by atoms with Crippen LogP contribution in [0.4, 0.5) is 10.1 Å². The van der Waals surface area contributed by atoms with E-state index in [4.69, 9.17) is 5.73 Å². The van der Waals surface area contributed by atoms with E-state index in [1.54, 1.807) is 6.07 Å². The maximum atomic E-state index is 14.1. The highest BCUT2D eigenvalue weighted by Gasteiger charge is 2.31. The quantitative estimate of drug-likeness (QED) is 0.850. The number of nitrogens with two attached hydrogens (primary N) is 1. The molecular weight excluding hydrogens is 215 g/mol. The largest absolute Gasteiger partial charge is 0.366 e. The van der Waals surface area contributed by atoms with Crippen molar-refractivity contribution in [3.8, 4) is 0 Å². The molecule has 1 unspecified atom stereocenters. The van der Waals surface area contributed by atoms with Gasteiger partial charge in [-0.05, 0) is 37.8 Å². The third-order valence-electron chi connectivity index (χ3n) is 3.25. The molecule has 3 heteroatoms. The molecule has 1 saturated carbocycles. The molecule has 17 heavy (non-hydrogen) atoms. The van der Waals surface area contributed by atoms with Crippen molar-refractivity contribution in [2.75, 3.05) is 11.4 Å². The van der Waals surface area contributed by atoms with Gasteiger partial charge in [-0.2, -0.15) is 0 Å². The highest BCUT2D eigenvalue weighted by atomic mass is 19.1. The molecule has 1 fully saturated rings. The van der Waals surface area contributed by atoms with Crippen LogP contribution in [-0.4, -0.2) is 12.6 Å². The van der Waals surface area contributed by atoms with Gasteiger partial charge in [-0.15, -0.1) is 0 Å². The van der Waals surface area contributed by atoms with Crippen molar-refractivity contribution >= 4 is 5.69 Å². The van der Waals surface area contributed by atoms with Crippen molar-refractivity contribution in [1.29, 1.82) is 0 Å². The van der Waals surface area contributed by atoms with Gasteiger partial charge in [0.05, 0.1) is 5.69 Å². The Kier molecular flexibility index (Phi) is 3.67. The minimum Gasteiger partial charge on any atom is -0.366 e. The van der Waals surface area contributed by atoms with Gasteiger partial charge in [0.25, 0.3) is 0 Å². The van der Waals surface area contributed by atoms with Crippen molar-refractivity contribution in [3.63, 3.8) is 0 Å². The fourth-order valence-electron chi connectivity index (χ4n) is 2.31. The molecule has 0 saturated heterocycles. The van der Waals surface area contributed by atoms with Crippen LogP contribution in [0, 0.1) is 5.82 Å². The van der Waals surface area contributed by atoms with Crippen molar-refractivity contribution in [2.45, 2.75) is 45.2 Å². The second-order valence-electron chi connectivity index (χ2n) is 4.89. The summed E-state index contributed by atoms with van der Waals surface area (Å²) in [4.78, 5) is 2.20. The van der Waals surface area contributed by atoms with Crippen LogP contribution >= 0.6 is 0 Å². The monoisotopic (exact) mass is 236 g/mol. The molecule has 0 bridgehead atoms. The third kappa shape index (κ3) is 2.60. The molecule has 0 heterocycles. The summed E-state index contributed by atoms with van der Waals surface area (Å²) >= 11 is 0. The normalized spacial score (nSPS) is 16.9. The first-order valence-electron chi connectivity index (χ1n) is 6.45. The first kappa shape index (κ1) is 12.4. The lowest BCUT2D eigenvalue weighted by Crippen LogP contribution is -2.29. The lowest BCUT2D eigenvalue weighted by molar-refractivity contribution is 0.606. The summed E-state index contributed by atoms with van der Waals surface area (Å²) < 4.78 is 14.1. The molecule has 0 radical (unpaired) electrons. The molecule has 1 aromatic rings. The van der Waals surface area contributed by atoms with Gasteiger partial charge < -0.3 is 10.6 Å². The molecule has 2 nitrogen and oxygen atoms in total. The molecule has 0 aliphatic heterocycles. The summed E-state index contributed by atoms with van der Waals surface area (Å²) in [7, 11) is 0. The summed E-state index contributed by atoms with van der Waals surface area (Å²) in [5.41, 5.74) is 7.59. The van der Waals surface area contributed by atoms with Gasteiger partial charge in [-0.1, -0.05) is 19.1 Å². The Morgan fingerprint density at radius 3 is 2.71 bits per heavy atom. The average Bonchev–Trinajstić information content (AvgIpc) is 3.10. The Bertz CT molecular complexity index is 386. The smallest absolute Gasteiger partial charge is 0.146 e. The number of nitrogens with zero attached hydrogens (tertiary/aromatic N) is 1. The summed E-state index contributed by atoms with van der Waals surface area (Å²) in [6.07, 6.45) is 3.38. The van der Waals surface area contributed by atoms with Crippen molar-refractivity contribution in [3.05, 3.63) is 29.6 Å². The van der Waals surface area contributed by atoms with Crippen LogP contribution in [0.25, 0.3) is 0 Å². The standard InChI is InChI=1S/C14H21FN2/c1-3-9-17(11-7-8-11)14-12(10(2)16)5-4-6-13(14)15/h4-6,10-11H,3,7-9,16H2,1-2H3. The molecule has 1 atom stereocenters. The first-order valence-corrected chi connectivity index (χ1v) is 6.45. The van der Waals surface area contributed by atoms with E-state index in [0.717, 1.165) is 24.2 Å². The predicted octanol–water partition coefficient (Wildman–Crippen LogP) is 3.22. The Balaban J connectivity index is 2.39. The molecule has 94 valence electrons. The van der Waals surface area contributed by atoms with Gasteiger partial charge in [0.1, 0.15) is 5.82 Å². The number of hydrogen-bond acceptors (Lipinski definition) is 2. The van der Waals surface area contributed by atoms with Gasteiger partial charge in [0.15, 0.2) is 0 Å². The number of anilines is 1. The Hall–Kier alpha value is -1.09. The molecule has 2 N–H and O–H groups in total. The Morgan fingerprint density at radius 1 is 1.47 bits per heavy atom. The molecule has 0 aromatic heterocycles. The van der Waals surface area contributed by atoms with E-state index in [-0.39, 0.29) is 11.9 Å². The lowest BCUT2D eigenvalue weighted by atomic mass is 10.0. The topological polar surface area (TPSA) is 29.3 Å². The molecule has 0 spiro atoms. The van der Waals surface area contributed by atoms with Crippen LogP contribution in [0.1, 0.15) is 44.7 Å². The zero-order valence-electron chi connectivity index (χ0n) is 10.6. The molecule has 1 aliphatic rings. The minimum absolute atomic E-state index is 0.126. The fourth-order valence-corrected chi connectivity index (χ4v) is 2.31. The van der Waals surface area contributed by atoms with Gasteiger partial charge >= 0.3 is 0 Å². The second-order valence-corrected chi connectivity index (χ2v) is 4.89. The number of benzene rings is 1. The maximum absolute atomic E-state index is 14.1. The van der Waals surface area contributed by atoms with Gasteiger partial charge in [-0.25, -0.2) is 4.39 Å². The fraction of sp³-hybridized carbons (Fsp3) is 0.571. The van der Waals surface area contributed by atoms with Crippen LogP contribution in [0.5, 0.6) is 0 Å². The van der Waals surface area contributed by atoms with Gasteiger partial charge in [0, 0.05) is 18.6 Å². The van der Waals surface area contributed by atoms with Gasteiger partial charge in [-0.3, -0.25) is 0 Å². The first-order chi connectivity index (χ1) is 8.15. The predicted molar refractivity (Wildman–Crippen MR) is 69.7 cm³/mol. The lowest BCUT2D eigenvalue weighted by Gasteiger charge is -2.28. The number of para-hydroxylation sites is 1. The Morgan fingerprint density at radius 2 is 2.18 bits per heavy atom. The highest BCUT2D eigenvalue weighted by Crippen LogP contribution is 2.36. The van der Waals surface area contributed by atoms with Gasteiger partial charge in [0.2, 0.25) is 0 Å². The molecule has 1 aromatic carbocycles. The van der Waals surface area contributed by atoms with Crippen LogP contribution in [0.2, 0.25) is 0 Å². The molecular formula is C14H21FN2. The summed E-state index contributed by atoms with van der Waals surface area (Å²) in [5.74, 6) is -0.139. The van der Waals surface area contributed by atoms with Crippen molar-refractivity contribution < 1.29 is 4.39 Å². The van der Waals surface area contributed by atoms with E-state index in [1.807, 2.05) is 13.0 Å². The number of rotatable bonds is 5. The zero-order valence-corrected chi connectivity index (χ0v) is 10.6. The maximum Gasteiger partial charge on any atom is 0.146 e. The van der Waals surface area contributed by atoms with Crippen LogP contribution < -0.4 is 10.6 Å². The second kappa shape index (κ2) is 5.05. The van der Waals surface area contributed by atoms with Crippen molar-refractivity contribution in [1.82, 2.24) is 0 Å². The minimum atomic E-state index is -0.139. The average molecular weight is 236 g/mol. The van der Waals surface area contributed by atoms with E-state index in [0.29, 0.717) is 6.04 Å². The summed E-state index contributed by atoms with van der Waals surface area (Å²) in [6.45, 7) is 4.95. The summed E-state index contributed by atoms with van der Waals surface area (Å²) in [5, 5.41) is 0. The highest BCUT2D eigenvalue weighted by molar-refractivity contribution is 5.57. The number of halogens is 1. The van der Waals surface area contributed by atoms with Crippen molar-refractivity contribution in [2.24, 2.45) is 5.73 Å². The van der Waals surface area contributed by atoms with Crippen LogP contribution in [0.15, 0.2) is 18.2 Å². The molecule has 2 rings (SSSR count). The zero-order chi connectivity index (χ0) is 12.4. The summed E-state index contributed by atoms with van der Waals surface area (Å²) in [6, 6.07) is 5.61. The van der Waals surface area contributed by atoms with E-state index >= 15 is 0 Å².